The van der Waals surface area contributed by atoms with Crippen molar-refractivity contribution in [3.8, 4) is 33.4 Å². The first-order valence-electron chi connectivity index (χ1n) is 21.6. The highest BCUT2D eigenvalue weighted by Crippen LogP contribution is 2.67. The van der Waals surface area contributed by atoms with Crippen LogP contribution in [0.5, 0.6) is 0 Å². The monoisotopic (exact) mass is 713 g/mol. The number of hydrogen-bond acceptors (Lipinski definition) is 1. The Morgan fingerprint density at radius 1 is 0.509 bits per heavy atom. The summed E-state index contributed by atoms with van der Waals surface area (Å²) in [5, 5.41) is 0. The highest BCUT2D eigenvalue weighted by atomic mass is 15.1. The third-order valence-corrected chi connectivity index (χ3v) is 16.1. The van der Waals surface area contributed by atoms with Gasteiger partial charge in [-0.25, -0.2) is 0 Å². The van der Waals surface area contributed by atoms with Crippen molar-refractivity contribution in [1.82, 2.24) is 0 Å². The standard InChI is InChI=1S/C54H51N/c1-2-38-29-35-13-12-16-40(30-35)54(38)49-21-10-7-19-45(49)47-32-41(26-28-50(47)54)55(52-22-11-8-17-43(52)37-14-4-3-5-15-37)42-25-27-46-44-18-6-9-20-48(44)53(51(46)33-42)34-36-23-24-39(53)31-36/h3-11,14-15,17-22,25-28,32-33,35-36,38-40H,2,12-13,16,23-24,29-31,34H2,1H3. The van der Waals surface area contributed by atoms with Crippen molar-refractivity contribution in [3.63, 3.8) is 0 Å². The SMILES string of the molecule is CCC1CC2CCCC(C2)C12c1ccccc1-c1cc(N(c3ccc4c(c3)C3(CC5CCC3C5)c3ccccc3-4)c3ccccc3-c3ccccc3)ccc12. The summed E-state index contributed by atoms with van der Waals surface area (Å²) in [6.45, 7) is 2.47. The minimum atomic E-state index is 0.121. The zero-order valence-corrected chi connectivity index (χ0v) is 32.2. The van der Waals surface area contributed by atoms with Crippen LogP contribution in [0.25, 0.3) is 33.4 Å². The van der Waals surface area contributed by atoms with Crippen LogP contribution in [0.2, 0.25) is 0 Å². The van der Waals surface area contributed by atoms with Crippen LogP contribution in [0.3, 0.4) is 0 Å². The first-order chi connectivity index (χ1) is 27.2. The lowest BCUT2D eigenvalue weighted by Gasteiger charge is -2.54. The highest BCUT2D eigenvalue weighted by molar-refractivity contribution is 5.93. The Morgan fingerprint density at radius 2 is 1.18 bits per heavy atom. The van der Waals surface area contributed by atoms with Gasteiger partial charge in [0.25, 0.3) is 0 Å². The molecule has 0 heterocycles. The Kier molecular flexibility index (Phi) is 7.10. The van der Waals surface area contributed by atoms with Gasteiger partial charge in [-0.15, -0.1) is 0 Å². The van der Waals surface area contributed by atoms with Crippen molar-refractivity contribution >= 4 is 17.1 Å². The van der Waals surface area contributed by atoms with Gasteiger partial charge in [-0.3, -0.25) is 0 Å². The van der Waals surface area contributed by atoms with Crippen LogP contribution in [0.1, 0.15) is 93.4 Å². The minimum absolute atomic E-state index is 0.121. The zero-order valence-electron chi connectivity index (χ0n) is 32.2. The van der Waals surface area contributed by atoms with E-state index in [2.05, 4.69) is 151 Å². The smallest absolute Gasteiger partial charge is 0.0540 e. The number of para-hydroxylation sites is 1. The van der Waals surface area contributed by atoms with Gasteiger partial charge in [-0.1, -0.05) is 142 Å². The van der Waals surface area contributed by atoms with E-state index in [0.29, 0.717) is 5.92 Å². The lowest BCUT2D eigenvalue weighted by Crippen LogP contribution is -2.48. The summed E-state index contributed by atoms with van der Waals surface area (Å²) in [7, 11) is 0. The molecule has 0 saturated heterocycles. The summed E-state index contributed by atoms with van der Waals surface area (Å²) in [6.07, 6.45) is 13.6. The van der Waals surface area contributed by atoms with E-state index in [0.717, 1.165) is 23.7 Å². The van der Waals surface area contributed by atoms with Crippen LogP contribution >= 0.6 is 0 Å². The molecule has 4 saturated carbocycles. The molecular weight excluding hydrogens is 663 g/mol. The second-order valence-electron chi connectivity index (χ2n) is 18.3. The van der Waals surface area contributed by atoms with Crippen LogP contribution in [-0.4, -0.2) is 0 Å². The second-order valence-corrected chi connectivity index (χ2v) is 18.3. The van der Waals surface area contributed by atoms with Crippen molar-refractivity contribution in [1.29, 1.82) is 0 Å². The fourth-order valence-corrected chi connectivity index (χ4v) is 14.2. The molecule has 1 nitrogen and oxygen atoms in total. The fraction of sp³-hybridized carbons (Fsp3) is 0.333. The predicted molar refractivity (Wildman–Crippen MR) is 228 cm³/mol. The summed E-state index contributed by atoms with van der Waals surface area (Å²) < 4.78 is 0. The maximum Gasteiger partial charge on any atom is 0.0540 e. The molecule has 0 radical (unpaired) electrons. The zero-order chi connectivity index (χ0) is 36.3. The number of hydrogen-bond donors (Lipinski definition) is 0. The topological polar surface area (TPSA) is 3.24 Å². The molecule has 4 fully saturated rings. The van der Waals surface area contributed by atoms with Gasteiger partial charge in [-0.2, -0.15) is 0 Å². The van der Waals surface area contributed by atoms with E-state index in [1.54, 1.807) is 22.3 Å². The number of anilines is 3. The number of fused-ring (bicyclic) bond motifs is 16. The van der Waals surface area contributed by atoms with Crippen molar-refractivity contribution in [3.05, 3.63) is 162 Å². The molecule has 4 bridgehead atoms. The van der Waals surface area contributed by atoms with Crippen LogP contribution < -0.4 is 4.90 Å². The van der Waals surface area contributed by atoms with Gasteiger partial charge in [0.05, 0.1) is 5.69 Å². The molecule has 6 aromatic carbocycles. The van der Waals surface area contributed by atoms with Gasteiger partial charge in [-0.05, 0) is 149 Å². The molecule has 0 aliphatic heterocycles. The van der Waals surface area contributed by atoms with E-state index in [-0.39, 0.29) is 10.8 Å². The normalized spacial score (nSPS) is 28.9. The summed E-state index contributed by atoms with van der Waals surface area (Å²) in [6, 6.07) is 54.4. The average Bonchev–Trinajstić information content (AvgIpc) is 4.00. The quantitative estimate of drug-likeness (QED) is 0.172. The molecule has 1 heteroatoms. The molecule has 2 spiro atoms. The number of rotatable bonds is 5. The number of benzene rings is 6. The molecule has 12 rings (SSSR count). The van der Waals surface area contributed by atoms with Crippen molar-refractivity contribution in [2.24, 2.45) is 29.6 Å². The molecule has 6 aliphatic rings. The Balaban J connectivity index is 1.09. The Labute approximate surface area is 327 Å². The van der Waals surface area contributed by atoms with Crippen LogP contribution in [0, 0.1) is 29.6 Å². The number of nitrogens with zero attached hydrogens (tertiary/aromatic N) is 1. The summed E-state index contributed by atoms with van der Waals surface area (Å²) in [5.74, 6) is 3.90. The van der Waals surface area contributed by atoms with Crippen molar-refractivity contribution in [2.45, 2.75) is 82.0 Å². The molecule has 272 valence electrons. The van der Waals surface area contributed by atoms with Crippen molar-refractivity contribution in [2.75, 3.05) is 4.90 Å². The molecule has 7 unspecified atom stereocenters. The molecule has 0 N–H and O–H groups in total. The van der Waals surface area contributed by atoms with Gasteiger partial charge in [0.1, 0.15) is 0 Å². The van der Waals surface area contributed by atoms with Gasteiger partial charge < -0.3 is 4.90 Å². The third kappa shape index (κ3) is 4.36. The molecular formula is C54H51N. The van der Waals surface area contributed by atoms with E-state index < -0.39 is 0 Å². The minimum Gasteiger partial charge on any atom is -0.310 e. The summed E-state index contributed by atoms with van der Waals surface area (Å²) in [5.41, 5.74) is 18.8. The molecule has 7 atom stereocenters. The maximum atomic E-state index is 2.64. The lowest BCUT2D eigenvalue weighted by molar-refractivity contribution is 0.0557. The lowest BCUT2D eigenvalue weighted by atomic mass is 9.50. The molecule has 55 heavy (non-hydrogen) atoms. The van der Waals surface area contributed by atoms with Crippen LogP contribution in [-0.2, 0) is 10.8 Å². The highest BCUT2D eigenvalue weighted by Gasteiger charge is 2.58. The Morgan fingerprint density at radius 3 is 1.98 bits per heavy atom. The van der Waals surface area contributed by atoms with Gasteiger partial charge in [0.2, 0.25) is 0 Å². The van der Waals surface area contributed by atoms with Gasteiger partial charge >= 0.3 is 0 Å². The van der Waals surface area contributed by atoms with Crippen molar-refractivity contribution < 1.29 is 0 Å². The van der Waals surface area contributed by atoms with E-state index >= 15 is 0 Å². The fourth-order valence-electron chi connectivity index (χ4n) is 14.2. The van der Waals surface area contributed by atoms with E-state index in [1.807, 2.05) is 0 Å². The van der Waals surface area contributed by atoms with Crippen LogP contribution in [0.15, 0.2) is 140 Å². The third-order valence-electron chi connectivity index (χ3n) is 16.1. The van der Waals surface area contributed by atoms with Gasteiger partial charge in [0.15, 0.2) is 0 Å². The molecule has 0 amide bonds. The Bertz CT molecular complexity index is 2470. The second kappa shape index (κ2) is 12.1. The first kappa shape index (κ1) is 32.4. The average molecular weight is 714 g/mol. The Hall–Kier alpha value is -4.88. The largest absolute Gasteiger partial charge is 0.310 e. The van der Waals surface area contributed by atoms with E-state index in [1.165, 1.54) is 115 Å². The van der Waals surface area contributed by atoms with E-state index in [9.17, 15) is 0 Å². The molecule has 0 aromatic heterocycles. The van der Waals surface area contributed by atoms with Gasteiger partial charge in [0, 0.05) is 27.8 Å². The first-order valence-corrected chi connectivity index (χ1v) is 21.6. The van der Waals surface area contributed by atoms with E-state index in [4.69, 9.17) is 0 Å². The van der Waals surface area contributed by atoms with Crippen LogP contribution in [0.4, 0.5) is 17.1 Å². The predicted octanol–water partition coefficient (Wildman–Crippen LogP) is 14.4. The molecule has 6 aromatic rings. The summed E-state index contributed by atoms with van der Waals surface area (Å²) >= 11 is 0. The molecule has 6 aliphatic carbocycles. The summed E-state index contributed by atoms with van der Waals surface area (Å²) in [4.78, 5) is 2.62. The maximum absolute atomic E-state index is 2.64.